The molecule has 2 aliphatic heterocycles. The Morgan fingerprint density at radius 3 is 2.44 bits per heavy atom. The van der Waals surface area contributed by atoms with Gasteiger partial charge in [-0.3, -0.25) is 9.59 Å². The van der Waals surface area contributed by atoms with Gasteiger partial charge in [-0.1, -0.05) is 37.3 Å². The Hall–Kier alpha value is -4.39. The number of carbonyl (C=O) groups is 3. The van der Waals surface area contributed by atoms with Crippen molar-refractivity contribution in [3.05, 3.63) is 95.2 Å². The van der Waals surface area contributed by atoms with Crippen LogP contribution in [0.25, 0.3) is 10.9 Å². The summed E-state index contributed by atoms with van der Waals surface area (Å²) < 4.78 is 0. The van der Waals surface area contributed by atoms with Crippen molar-refractivity contribution in [1.29, 1.82) is 0 Å². The smallest absolute Gasteiger partial charge is 0.332 e. The van der Waals surface area contributed by atoms with E-state index >= 15 is 0 Å². The minimum absolute atomic E-state index is 0.253. The summed E-state index contributed by atoms with van der Waals surface area (Å²) >= 11 is 0. The molecular weight excluding hydrogens is 452 g/mol. The number of carbonyl (C=O) groups excluding carboxylic acids is 3. The van der Waals surface area contributed by atoms with Gasteiger partial charge in [-0.05, 0) is 73.4 Å². The number of aromatic amines is 1. The molecule has 0 saturated carbocycles. The van der Waals surface area contributed by atoms with Crippen LogP contribution in [0.4, 0.5) is 16.2 Å². The van der Waals surface area contributed by atoms with Crippen LogP contribution in [0.15, 0.2) is 72.8 Å². The Morgan fingerprint density at radius 1 is 1.00 bits per heavy atom. The van der Waals surface area contributed by atoms with Crippen LogP contribution in [0.3, 0.4) is 0 Å². The normalized spacial score (nSPS) is 18.9. The molecule has 4 amide bonds. The summed E-state index contributed by atoms with van der Waals surface area (Å²) in [6.45, 7) is 4.35. The number of nitrogens with zero attached hydrogens (tertiary/aromatic N) is 2. The van der Waals surface area contributed by atoms with Crippen LogP contribution in [0.1, 0.15) is 41.0 Å². The molecule has 1 fully saturated rings. The second-order valence-corrected chi connectivity index (χ2v) is 9.47. The van der Waals surface area contributed by atoms with Crippen molar-refractivity contribution in [2.24, 2.45) is 0 Å². The Labute approximate surface area is 208 Å². The van der Waals surface area contributed by atoms with Gasteiger partial charge < -0.3 is 15.2 Å². The fourth-order valence-electron chi connectivity index (χ4n) is 5.41. The van der Waals surface area contributed by atoms with Crippen LogP contribution in [0, 0.1) is 0 Å². The van der Waals surface area contributed by atoms with Gasteiger partial charge in [-0.2, -0.15) is 0 Å². The summed E-state index contributed by atoms with van der Waals surface area (Å²) in [6.07, 6.45) is 1.61. The lowest BCUT2D eigenvalue weighted by molar-refractivity contribution is -0.125. The first-order chi connectivity index (χ1) is 17.4. The molecule has 1 saturated heterocycles. The molecule has 1 atom stereocenters. The van der Waals surface area contributed by atoms with Crippen LogP contribution in [0.2, 0.25) is 0 Å². The van der Waals surface area contributed by atoms with E-state index in [-0.39, 0.29) is 17.8 Å². The fourth-order valence-corrected chi connectivity index (χ4v) is 5.41. The Balaban J connectivity index is 1.28. The summed E-state index contributed by atoms with van der Waals surface area (Å²) in [5, 5.41) is 3.98. The Bertz CT molecular complexity index is 1520. The summed E-state index contributed by atoms with van der Waals surface area (Å²) in [5.41, 5.74) is 4.52. The lowest BCUT2D eigenvalue weighted by atomic mass is 9.87. The number of nitrogens with one attached hydrogen (secondary N) is 2. The fraction of sp³-hybridized carbons (Fsp3) is 0.207. The first-order valence-corrected chi connectivity index (χ1v) is 12.2. The SMILES string of the molecule is CCc1ccc(NC(=O)c2ccc(N3C(=O)N4CCc5c([nH]c6ccccc56)C4(C)C3=O)cc2)cc1. The number of hydrogen-bond donors (Lipinski definition) is 2. The van der Waals surface area contributed by atoms with Gasteiger partial charge in [0.05, 0.1) is 11.4 Å². The van der Waals surface area contributed by atoms with Crippen molar-refractivity contribution in [2.45, 2.75) is 32.2 Å². The predicted octanol–water partition coefficient (Wildman–Crippen LogP) is 5.22. The third-order valence-corrected chi connectivity index (χ3v) is 7.48. The van der Waals surface area contributed by atoms with Gasteiger partial charge in [0.2, 0.25) is 0 Å². The number of urea groups is 1. The van der Waals surface area contributed by atoms with E-state index in [2.05, 4.69) is 17.2 Å². The van der Waals surface area contributed by atoms with E-state index in [0.29, 0.717) is 29.9 Å². The number of anilines is 2. The first kappa shape index (κ1) is 22.1. The highest BCUT2D eigenvalue weighted by Crippen LogP contribution is 2.45. The molecule has 3 aromatic carbocycles. The van der Waals surface area contributed by atoms with Crippen LogP contribution in [0.5, 0.6) is 0 Å². The number of aryl methyl sites for hydroxylation is 1. The molecule has 0 spiro atoms. The summed E-state index contributed by atoms with van der Waals surface area (Å²) in [5.74, 6) is -0.551. The van der Waals surface area contributed by atoms with E-state index in [1.807, 2.05) is 55.5 Å². The van der Waals surface area contributed by atoms with E-state index in [1.165, 1.54) is 10.5 Å². The van der Waals surface area contributed by atoms with Crippen LogP contribution in [-0.4, -0.2) is 34.3 Å². The molecule has 2 aliphatic rings. The zero-order valence-corrected chi connectivity index (χ0v) is 20.2. The molecule has 2 N–H and O–H groups in total. The standard InChI is InChI=1S/C29H26N4O3/c1-3-18-8-12-20(13-9-18)30-26(34)19-10-14-21(15-11-19)33-27(35)29(2)25-23(16-17-32(29)28(33)36)22-6-4-5-7-24(22)31-25/h4-15,31H,3,16-17H2,1-2H3,(H,30,34). The van der Waals surface area contributed by atoms with Crippen LogP contribution >= 0.6 is 0 Å². The van der Waals surface area contributed by atoms with Gasteiger partial charge in [0.15, 0.2) is 5.54 Å². The molecule has 0 radical (unpaired) electrons. The number of para-hydroxylation sites is 1. The van der Waals surface area contributed by atoms with Crippen molar-refractivity contribution < 1.29 is 14.4 Å². The first-order valence-electron chi connectivity index (χ1n) is 12.2. The lowest BCUT2D eigenvalue weighted by Crippen LogP contribution is -2.49. The number of fused-ring (bicyclic) bond motifs is 5. The van der Waals surface area contributed by atoms with Gasteiger partial charge in [0.25, 0.3) is 11.8 Å². The summed E-state index contributed by atoms with van der Waals surface area (Å²) in [6, 6.07) is 21.9. The van der Waals surface area contributed by atoms with E-state index < -0.39 is 5.54 Å². The monoisotopic (exact) mass is 478 g/mol. The van der Waals surface area contributed by atoms with Crippen LogP contribution in [-0.2, 0) is 23.2 Å². The topological polar surface area (TPSA) is 85.5 Å². The van der Waals surface area contributed by atoms with E-state index in [9.17, 15) is 14.4 Å². The van der Waals surface area contributed by atoms with Crippen molar-refractivity contribution >= 4 is 40.1 Å². The predicted molar refractivity (Wildman–Crippen MR) is 139 cm³/mol. The third-order valence-electron chi connectivity index (χ3n) is 7.48. The van der Waals surface area contributed by atoms with Gasteiger partial charge >= 0.3 is 6.03 Å². The maximum absolute atomic E-state index is 13.8. The highest BCUT2D eigenvalue weighted by atomic mass is 16.2. The van der Waals surface area contributed by atoms with Crippen molar-refractivity contribution in [1.82, 2.24) is 9.88 Å². The number of amides is 4. The third kappa shape index (κ3) is 3.16. The van der Waals surface area contributed by atoms with Crippen molar-refractivity contribution in [2.75, 3.05) is 16.8 Å². The molecule has 7 heteroatoms. The molecule has 7 nitrogen and oxygen atoms in total. The molecule has 0 aliphatic carbocycles. The quantitative estimate of drug-likeness (QED) is 0.394. The van der Waals surface area contributed by atoms with Gasteiger partial charge in [-0.25, -0.2) is 9.69 Å². The molecule has 1 aromatic heterocycles. The molecule has 36 heavy (non-hydrogen) atoms. The molecule has 6 rings (SSSR count). The second-order valence-electron chi connectivity index (χ2n) is 9.47. The van der Waals surface area contributed by atoms with E-state index in [0.717, 1.165) is 28.6 Å². The molecule has 1 unspecified atom stereocenters. The van der Waals surface area contributed by atoms with Gasteiger partial charge in [-0.15, -0.1) is 0 Å². The molecule has 180 valence electrons. The average Bonchev–Trinajstić information content (AvgIpc) is 3.38. The minimum Gasteiger partial charge on any atom is -0.356 e. The van der Waals surface area contributed by atoms with Crippen LogP contribution < -0.4 is 10.2 Å². The molecule has 0 bridgehead atoms. The zero-order chi connectivity index (χ0) is 25.0. The van der Waals surface area contributed by atoms with Gasteiger partial charge in [0, 0.05) is 28.7 Å². The summed E-state index contributed by atoms with van der Waals surface area (Å²) in [4.78, 5) is 46.2. The maximum atomic E-state index is 13.8. The minimum atomic E-state index is -1.11. The average molecular weight is 479 g/mol. The number of H-pyrrole nitrogens is 1. The Morgan fingerprint density at radius 2 is 1.72 bits per heavy atom. The molecular formula is C29H26N4O3. The molecule has 4 aromatic rings. The number of benzene rings is 3. The number of imide groups is 1. The number of aromatic nitrogens is 1. The highest BCUT2D eigenvalue weighted by Gasteiger charge is 2.59. The summed E-state index contributed by atoms with van der Waals surface area (Å²) in [7, 11) is 0. The Kier molecular flexibility index (Phi) is 4.96. The highest BCUT2D eigenvalue weighted by molar-refractivity contribution is 6.23. The largest absolute Gasteiger partial charge is 0.356 e. The van der Waals surface area contributed by atoms with E-state index in [4.69, 9.17) is 0 Å². The zero-order valence-electron chi connectivity index (χ0n) is 20.2. The molecule has 3 heterocycles. The second kappa shape index (κ2) is 8.09. The van der Waals surface area contributed by atoms with Crippen molar-refractivity contribution in [3.8, 4) is 0 Å². The van der Waals surface area contributed by atoms with E-state index in [1.54, 1.807) is 29.2 Å². The maximum Gasteiger partial charge on any atom is 0.332 e. The number of rotatable bonds is 4. The lowest BCUT2D eigenvalue weighted by Gasteiger charge is -2.35. The number of hydrogen-bond acceptors (Lipinski definition) is 3. The van der Waals surface area contributed by atoms with Crippen molar-refractivity contribution in [3.63, 3.8) is 0 Å². The van der Waals surface area contributed by atoms with Gasteiger partial charge in [0.1, 0.15) is 0 Å².